The van der Waals surface area contributed by atoms with Gasteiger partial charge < -0.3 is 0 Å². The molecule has 5 nitrogen and oxygen atoms in total. The van der Waals surface area contributed by atoms with E-state index in [0.717, 1.165) is 5.56 Å². The van der Waals surface area contributed by atoms with E-state index in [4.69, 9.17) is 11.6 Å². The van der Waals surface area contributed by atoms with Gasteiger partial charge in [0.2, 0.25) is 10.0 Å². The van der Waals surface area contributed by atoms with Crippen molar-refractivity contribution in [3.8, 4) is 0 Å². The van der Waals surface area contributed by atoms with Crippen LogP contribution >= 0.6 is 11.6 Å². The average molecular weight is 364 g/mol. The van der Waals surface area contributed by atoms with E-state index >= 15 is 0 Å². The van der Waals surface area contributed by atoms with Crippen LogP contribution in [-0.2, 0) is 10.0 Å². The van der Waals surface area contributed by atoms with Crippen LogP contribution < -0.4 is 4.31 Å². The summed E-state index contributed by atoms with van der Waals surface area (Å²) in [6, 6.07) is 16.1. The third kappa shape index (κ3) is 3.31. The molecule has 3 rings (SSSR count). The molecule has 7 heteroatoms. The summed E-state index contributed by atoms with van der Waals surface area (Å²) in [4.78, 5) is 6.49. The number of aliphatic imine (C=N–C) groups is 1. The maximum absolute atomic E-state index is 13.0. The fourth-order valence-electron chi connectivity index (χ4n) is 2.53. The van der Waals surface area contributed by atoms with Crippen molar-refractivity contribution in [3.63, 3.8) is 0 Å². The number of benzene rings is 2. The fraction of sp³-hybridized carbons (Fsp3) is 0.235. The summed E-state index contributed by atoms with van der Waals surface area (Å²) in [6.45, 7) is 0. The van der Waals surface area contributed by atoms with E-state index in [9.17, 15) is 8.42 Å². The predicted molar refractivity (Wildman–Crippen MR) is 98.2 cm³/mol. The fourth-order valence-corrected chi connectivity index (χ4v) is 4.41. The van der Waals surface area contributed by atoms with Gasteiger partial charge in [-0.15, -0.1) is 0 Å². The lowest BCUT2D eigenvalue weighted by molar-refractivity contribution is 0.323. The van der Waals surface area contributed by atoms with Crippen molar-refractivity contribution in [3.05, 3.63) is 65.2 Å². The highest BCUT2D eigenvalue weighted by Gasteiger charge is 2.36. The molecule has 0 aliphatic carbocycles. The average Bonchev–Trinajstić information content (AvgIpc) is 2.55. The van der Waals surface area contributed by atoms with Crippen LogP contribution in [0.25, 0.3) is 0 Å². The Hall–Kier alpha value is -1.89. The molecule has 0 spiro atoms. The molecule has 1 aliphatic rings. The molecule has 1 aliphatic heterocycles. The molecule has 2 aromatic rings. The first-order chi connectivity index (χ1) is 11.4. The molecule has 0 N–H and O–H groups in total. The van der Waals surface area contributed by atoms with Crippen molar-refractivity contribution in [2.45, 2.75) is 6.17 Å². The summed E-state index contributed by atoms with van der Waals surface area (Å²) in [5.74, 6) is 0.349. The first-order valence-corrected chi connectivity index (χ1v) is 9.45. The Morgan fingerprint density at radius 2 is 1.71 bits per heavy atom. The Bertz CT molecular complexity index is 849. The lowest BCUT2D eigenvalue weighted by Gasteiger charge is -2.34. The molecule has 0 bridgehead atoms. The number of anilines is 1. The minimum atomic E-state index is -3.56. The molecule has 1 heterocycles. The summed E-state index contributed by atoms with van der Waals surface area (Å²) >= 11 is 5.93. The third-order valence-electron chi connectivity index (χ3n) is 3.79. The van der Waals surface area contributed by atoms with E-state index in [1.807, 2.05) is 44.4 Å². The van der Waals surface area contributed by atoms with Gasteiger partial charge in [0.25, 0.3) is 0 Å². The van der Waals surface area contributed by atoms with Crippen molar-refractivity contribution in [1.82, 2.24) is 4.90 Å². The highest BCUT2D eigenvalue weighted by Crippen LogP contribution is 2.28. The zero-order valence-corrected chi connectivity index (χ0v) is 15.0. The third-order valence-corrected chi connectivity index (χ3v) is 5.70. The standard InChI is InChI=1S/C17H18ClN3O2S/c1-20(2)16-12-24(22,23)21(15-10-8-14(18)9-11-15)17(19-16)13-6-4-3-5-7-13/h3-11,16H,12H2,1-2H3. The minimum Gasteiger partial charge on any atom is -0.287 e. The smallest absolute Gasteiger partial charge is 0.244 e. The number of hydrogen-bond acceptors (Lipinski definition) is 4. The maximum atomic E-state index is 13.0. The van der Waals surface area contributed by atoms with Crippen LogP contribution in [0.15, 0.2) is 59.6 Å². The minimum absolute atomic E-state index is 0.0705. The van der Waals surface area contributed by atoms with Crippen LogP contribution in [-0.4, -0.2) is 45.2 Å². The largest absolute Gasteiger partial charge is 0.287 e. The van der Waals surface area contributed by atoms with Crippen molar-refractivity contribution in [2.24, 2.45) is 4.99 Å². The number of rotatable bonds is 3. The summed E-state index contributed by atoms with van der Waals surface area (Å²) in [5.41, 5.74) is 1.28. The first kappa shape index (κ1) is 17.0. The number of hydrogen-bond donors (Lipinski definition) is 0. The van der Waals surface area contributed by atoms with Gasteiger partial charge in [0.05, 0.1) is 5.69 Å². The molecule has 1 unspecified atom stereocenters. The summed E-state index contributed by atoms with van der Waals surface area (Å²) in [5, 5.41) is 0.553. The van der Waals surface area contributed by atoms with Gasteiger partial charge in [-0.25, -0.2) is 17.7 Å². The van der Waals surface area contributed by atoms with E-state index in [1.54, 1.807) is 29.2 Å². The summed E-state index contributed by atoms with van der Waals surface area (Å²) in [6.07, 6.45) is -0.422. The van der Waals surface area contributed by atoms with Gasteiger partial charge in [-0.1, -0.05) is 41.9 Å². The van der Waals surface area contributed by atoms with Gasteiger partial charge in [-0.3, -0.25) is 4.90 Å². The molecule has 0 aromatic heterocycles. The van der Waals surface area contributed by atoms with E-state index in [-0.39, 0.29) is 5.75 Å². The second kappa shape index (κ2) is 6.55. The summed E-state index contributed by atoms with van der Waals surface area (Å²) < 4.78 is 27.2. The lowest BCUT2D eigenvalue weighted by Crippen LogP contribution is -2.49. The highest BCUT2D eigenvalue weighted by atomic mass is 35.5. The van der Waals surface area contributed by atoms with Gasteiger partial charge >= 0.3 is 0 Å². The van der Waals surface area contributed by atoms with Crippen LogP contribution in [0.4, 0.5) is 5.69 Å². The van der Waals surface area contributed by atoms with E-state index in [1.165, 1.54) is 4.31 Å². The molecule has 0 amide bonds. The Balaban J connectivity index is 2.18. The summed E-state index contributed by atoms with van der Waals surface area (Å²) in [7, 11) is 0.0842. The van der Waals surface area contributed by atoms with Gasteiger partial charge in [0, 0.05) is 10.6 Å². The van der Waals surface area contributed by atoms with E-state index in [2.05, 4.69) is 4.99 Å². The van der Waals surface area contributed by atoms with Crippen molar-refractivity contribution in [1.29, 1.82) is 0 Å². The highest BCUT2D eigenvalue weighted by molar-refractivity contribution is 7.93. The van der Waals surface area contributed by atoms with E-state index < -0.39 is 16.2 Å². The molecule has 2 aromatic carbocycles. The quantitative estimate of drug-likeness (QED) is 0.842. The monoisotopic (exact) mass is 363 g/mol. The molecule has 24 heavy (non-hydrogen) atoms. The second-order valence-electron chi connectivity index (χ2n) is 5.78. The van der Waals surface area contributed by atoms with Crippen LogP contribution in [0.2, 0.25) is 5.02 Å². The lowest BCUT2D eigenvalue weighted by atomic mass is 10.2. The van der Waals surface area contributed by atoms with Crippen LogP contribution in [0.3, 0.4) is 0 Å². The van der Waals surface area contributed by atoms with Gasteiger partial charge in [-0.05, 0) is 38.4 Å². The molecule has 1 atom stereocenters. The van der Waals surface area contributed by atoms with Crippen molar-refractivity contribution >= 4 is 33.1 Å². The number of sulfonamides is 1. The Morgan fingerprint density at radius 3 is 2.29 bits per heavy atom. The number of halogens is 1. The number of nitrogens with zero attached hydrogens (tertiary/aromatic N) is 3. The van der Waals surface area contributed by atoms with Gasteiger partial charge in [0.15, 0.2) is 5.84 Å². The van der Waals surface area contributed by atoms with Crippen LogP contribution in [0.1, 0.15) is 5.56 Å². The predicted octanol–water partition coefficient (Wildman–Crippen LogP) is 2.82. The Labute approximate surface area is 147 Å². The molecule has 0 saturated carbocycles. The number of amidine groups is 1. The molecule has 0 radical (unpaired) electrons. The Kier molecular flexibility index (Phi) is 4.62. The zero-order chi connectivity index (χ0) is 17.3. The maximum Gasteiger partial charge on any atom is 0.244 e. The second-order valence-corrected chi connectivity index (χ2v) is 8.08. The van der Waals surface area contributed by atoms with Gasteiger partial charge in [0.1, 0.15) is 11.9 Å². The molecular formula is C17H18ClN3O2S. The SMILES string of the molecule is CN(C)C1CS(=O)(=O)N(c2ccc(Cl)cc2)C(c2ccccc2)=N1. The van der Waals surface area contributed by atoms with Crippen LogP contribution in [0.5, 0.6) is 0 Å². The van der Waals surface area contributed by atoms with Crippen molar-refractivity contribution in [2.75, 3.05) is 24.2 Å². The molecular weight excluding hydrogens is 346 g/mol. The van der Waals surface area contributed by atoms with Crippen LogP contribution in [0, 0.1) is 0 Å². The van der Waals surface area contributed by atoms with Gasteiger partial charge in [-0.2, -0.15) is 0 Å². The Morgan fingerprint density at radius 1 is 1.08 bits per heavy atom. The first-order valence-electron chi connectivity index (χ1n) is 7.47. The zero-order valence-electron chi connectivity index (χ0n) is 13.4. The molecule has 0 fully saturated rings. The normalized spacial score (nSPS) is 20.1. The van der Waals surface area contributed by atoms with E-state index in [0.29, 0.717) is 16.5 Å². The topological polar surface area (TPSA) is 53.0 Å². The molecule has 0 saturated heterocycles. The van der Waals surface area contributed by atoms with Crippen molar-refractivity contribution < 1.29 is 8.42 Å². The molecule has 126 valence electrons.